The lowest BCUT2D eigenvalue weighted by molar-refractivity contribution is -0.165. The van der Waals surface area contributed by atoms with E-state index in [1.165, 1.54) is 57.8 Å². The van der Waals surface area contributed by atoms with E-state index in [4.69, 9.17) is 10.7 Å². The lowest BCUT2D eigenvalue weighted by Gasteiger charge is -2.71. The molecule has 5 saturated carbocycles. The molecule has 0 spiro atoms. The molecule has 0 saturated heterocycles. The Hall–Kier alpha value is -0.730. The van der Waals surface area contributed by atoms with E-state index in [1.54, 1.807) is 0 Å². The third-order valence-electron chi connectivity index (χ3n) is 8.65. The number of fused-ring (bicyclic) bond motifs is 2. The molecule has 5 aliphatic carbocycles. The fraction of sp³-hybridized carbons (Fsp3) is 0.955. The summed E-state index contributed by atoms with van der Waals surface area (Å²) in [5.74, 6) is 7.05. The van der Waals surface area contributed by atoms with E-state index in [9.17, 15) is 0 Å². The number of hydrogen-bond donors (Lipinski definition) is 2. The highest BCUT2D eigenvalue weighted by atomic mass is 15.2. The van der Waals surface area contributed by atoms with Gasteiger partial charge in [-0.05, 0) is 99.2 Å². The van der Waals surface area contributed by atoms with Crippen molar-refractivity contribution in [2.45, 2.75) is 89.6 Å². The smallest absolute Gasteiger partial charge is 0.189 e. The van der Waals surface area contributed by atoms with E-state index >= 15 is 0 Å². The monoisotopic (exact) mass is 343 g/mol. The summed E-state index contributed by atoms with van der Waals surface area (Å²) in [5, 5.41) is 3.78. The highest BCUT2D eigenvalue weighted by Gasteiger charge is 2.66. The van der Waals surface area contributed by atoms with E-state index in [0.29, 0.717) is 5.54 Å². The van der Waals surface area contributed by atoms with Gasteiger partial charge in [0, 0.05) is 5.54 Å². The summed E-state index contributed by atoms with van der Waals surface area (Å²) in [6.45, 7) is 7.29. The maximum Gasteiger partial charge on any atom is 0.189 e. The van der Waals surface area contributed by atoms with E-state index < -0.39 is 0 Å². The van der Waals surface area contributed by atoms with Crippen LogP contribution in [0.4, 0.5) is 0 Å². The van der Waals surface area contributed by atoms with E-state index in [-0.39, 0.29) is 5.54 Å². The van der Waals surface area contributed by atoms with Gasteiger partial charge in [-0.3, -0.25) is 0 Å². The predicted molar refractivity (Wildman–Crippen MR) is 103 cm³/mol. The van der Waals surface area contributed by atoms with Crippen LogP contribution >= 0.6 is 0 Å². The van der Waals surface area contributed by atoms with Crippen LogP contribution in [0.5, 0.6) is 0 Å². The van der Waals surface area contributed by atoms with Gasteiger partial charge in [0.25, 0.3) is 0 Å². The van der Waals surface area contributed by atoms with Crippen molar-refractivity contribution in [3.63, 3.8) is 0 Å². The van der Waals surface area contributed by atoms with Crippen LogP contribution in [0.2, 0.25) is 0 Å². The fourth-order valence-corrected chi connectivity index (χ4v) is 8.61. The molecule has 4 atom stereocenters. The Labute approximate surface area is 153 Å². The Morgan fingerprint density at radius 3 is 2.04 bits per heavy atom. The average molecular weight is 344 g/mol. The number of guanidine groups is 1. The second-order valence-electron chi connectivity index (χ2n) is 11.2. The maximum absolute atomic E-state index is 6.53. The molecule has 3 N–H and O–H groups in total. The summed E-state index contributed by atoms with van der Waals surface area (Å²) in [7, 11) is 0. The van der Waals surface area contributed by atoms with Crippen LogP contribution < -0.4 is 11.1 Å². The van der Waals surface area contributed by atoms with Crippen LogP contribution in [0.15, 0.2) is 4.99 Å². The molecule has 4 unspecified atom stereocenters. The maximum atomic E-state index is 6.53. The van der Waals surface area contributed by atoms with Crippen LogP contribution in [0, 0.1) is 41.4 Å². The summed E-state index contributed by atoms with van der Waals surface area (Å²) < 4.78 is 0. The molecule has 3 heteroatoms. The Morgan fingerprint density at radius 1 is 0.840 bits per heavy atom. The van der Waals surface area contributed by atoms with Gasteiger partial charge in [0.05, 0.1) is 5.54 Å². The van der Waals surface area contributed by atoms with Crippen LogP contribution in [0.1, 0.15) is 78.6 Å². The zero-order valence-corrected chi connectivity index (χ0v) is 16.4. The highest BCUT2D eigenvalue weighted by molar-refractivity contribution is 5.79. The SMILES string of the molecule is CC1CC2CC3(N/C(N)=N/C45CC(C)CC(CC(C)C4)C5)CC(C1)C23. The Bertz CT molecular complexity index is 546. The minimum Gasteiger partial charge on any atom is -0.370 e. The van der Waals surface area contributed by atoms with Gasteiger partial charge < -0.3 is 11.1 Å². The molecule has 0 heterocycles. The zero-order valence-electron chi connectivity index (χ0n) is 16.4. The first-order valence-corrected chi connectivity index (χ1v) is 11.0. The minimum absolute atomic E-state index is 0.140. The highest BCUT2D eigenvalue weighted by Crippen LogP contribution is 2.66. The Morgan fingerprint density at radius 2 is 1.44 bits per heavy atom. The zero-order chi connectivity index (χ0) is 17.4. The summed E-state index contributed by atoms with van der Waals surface area (Å²) in [6, 6.07) is 0. The van der Waals surface area contributed by atoms with Crippen molar-refractivity contribution in [1.29, 1.82) is 0 Å². The standard InChI is InChI=1S/C22H37N3/c1-13-6-17-11-22(12-18(7-13)19(17)22)25-20(23)24-21-8-14(2)4-16(10-21)5-15(3)9-21/h13-19H,4-12H2,1-3H3,(H3,23,24,25). The van der Waals surface area contributed by atoms with Crippen molar-refractivity contribution in [3.05, 3.63) is 0 Å². The number of nitrogens with one attached hydrogen (secondary N) is 1. The first-order chi connectivity index (χ1) is 11.9. The topological polar surface area (TPSA) is 50.4 Å². The van der Waals surface area contributed by atoms with Gasteiger partial charge in [0.2, 0.25) is 0 Å². The van der Waals surface area contributed by atoms with Crippen LogP contribution in [-0.4, -0.2) is 17.0 Å². The predicted octanol–water partition coefficient (Wildman–Crippen LogP) is 4.32. The van der Waals surface area contributed by atoms with Crippen molar-refractivity contribution in [2.24, 2.45) is 52.2 Å². The summed E-state index contributed by atoms with van der Waals surface area (Å²) in [5.41, 5.74) is 7.01. The van der Waals surface area contributed by atoms with Gasteiger partial charge in [0.15, 0.2) is 5.96 Å². The van der Waals surface area contributed by atoms with Crippen LogP contribution in [-0.2, 0) is 0 Å². The molecule has 0 aromatic heterocycles. The number of aliphatic imine (C=N–C) groups is 1. The van der Waals surface area contributed by atoms with Crippen molar-refractivity contribution in [2.75, 3.05) is 0 Å². The van der Waals surface area contributed by atoms with Crippen molar-refractivity contribution < 1.29 is 0 Å². The first-order valence-electron chi connectivity index (χ1n) is 11.0. The average Bonchev–Trinajstić information content (AvgIpc) is 2.41. The molecule has 5 fully saturated rings. The third-order valence-corrected chi connectivity index (χ3v) is 8.65. The molecular formula is C22H37N3. The molecule has 0 amide bonds. The molecule has 5 aliphatic rings. The molecule has 0 aromatic rings. The number of nitrogens with zero attached hydrogens (tertiary/aromatic N) is 1. The van der Waals surface area contributed by atoms with Gasteiger partial charge in [-0.1, -0.05) is 20.8 Å². The van der Waals surface area contributed by atoms with E-state index in [2.05, 4.69) is 26.1 Å². The molecular weight excluding hydrogens is 306 g/mol. The number of hydrogen-bond acceptors (Lipinski definition) is 1. The summed E-state index contributed by atoms with van der Waals surface area (Å²) in [4.78, 5) is 5.22. The molecule has 5 rings (SSSR count). The molecule has 3 nitrogen and oxygen atoms in total. The quantitative estimate of drug-likeness (QED) is 0.579. The second-order valence-corrected chi connectivity index (χ2v) is 11.2. The fourth-order valence-electron chi connectivity index (χ4n) is 8.61. The second kappa shape index (κ2) is 5.39. The normalized spacial score (nSPS) is 57.1. The summed E-state index contributed by atoms with van der Waals surface area (Å²) >= 11 is 0. The summed E-state index contributed by atoms with van der Waals surface area (Å²) in [6.07, 6.45) is 12.2. The molecule has 0 radical (unpaired) electrons. The van der Waals surface area contributed by atoms with E-state index in [1.807, 2.05) is 0 Å². The molecule has 0 aliphatic heterocycles. The van der Waals surface area contributed by atoms with Crippen LogP contribution in [0.3, 0.4) is 0 Å². The number of nitrogens with two attached hydrogens (primary N) is 1. The van der Waals surface area contributed by atoms with Gasteiger partial charge in [0.1, 0.15) is 0 Å². The van der Waals surface area contributed by atoms with Crippen molar-refractivity contribution >= 4 is 5.96 Å². The third kappa shape index (κ3) is 2.55. The van der Waals surface area contributed by atoms with Crippen LogP contribution in [0.25, 0.3) is 0 Å². The van der Waals surface area contributed by atoms with Gasteiger partial charge in [-0.15, -0.1) is 0 Å². The number of rotatable bonds is 2. The Balaban J connectivity index is 1.31. The molecule has 140 valence electrons. The minimum atomic E-state index is 0.140. The Kier molecular flexibility index (Phi) is 3.55. The molecule has 0 aromatic carbocycles. The van der Waals surface area contributed by atoms with Crippen molar-refractivity contribution in [1.82, 2.24) is 5.32 Å². The molecule has 25 heavy (non-hydrogen) atoms. The van der Waals surface area contributed by atoms with Gasteiger partial charge >= 0.3 is 0 Å². The van der Waals surface area contributed by atoms with Gasteiger partial charge in [-0.2, -0.15) is 0 Å². The van der Waals surface area contributed by atoms with Crippen molar-refractivity contribution in [3.8, 4) is 0 Å². The van der Waals surface area contributed by atoms with E-state index in [0.717, 1.165) is 47.4 Å². The first kappa shape index (κ1) is 16.4. The van der Waals surface area contributed by atoms with Gasteiger partial charge in [-0.25, -0.2) is 4.99 Å². The lowest BCUT2D eigenvalue weighted by atomic mass is 9.38. The molecule has 2 bridgehead atoms. The largest absolute Gasteiger partial charge is 0.370 e. The lowest BCUT2D eigenvalue weighted by Crippen LogP contribution is -2.76.